The quantitative estimate of drug-likeness (QED) is 0.300. The summed E-state index contributed by atoms with van der Waals surface area (Å²) in [5.74, 6) is -0.450. The van der Waals surface area contributed by atoms with Crippen LogP contribution in [0.2, 0.25) is 0 Å². The predicted octanol–water partition coefficient (Wildman–Crippen LogP) is 0.403. The topological polar surface area (TPSA) is 179 Å². The highest BCUT2D eigenvalue weighted by molar-refractivity contribution is 5.88. The molecule has 1 aliphatic rings. The highest BCUT2D eigenvalue weighted by atomic mass is 16.5. The Labute approximate surface area is 192 Å². The molecule has 3 aromatic rings. The monoisotopic (exact) mass is 476 g/mol. The molecule has 11 nitrogen and oxygen atoms in total. The van der Waals surface area contributed by atoms with Gasteiger partial charge in [-0.25, -0.2) is 0 Å². The van der Waals surface area contributed by atoms with Crippen LogP contribution >= 0.6 is 0 Å². The highest BCUT2D eigenvalue weighted by Crippen LogP contribution is 2.45. The fourth-order valence-electron chi connectivity index (χ4n) is 4.05. The van der Waals surface area contributed by atoms with E-state index >= 15 is 0 Å². The number of methoxy groups -OCH3 is 2. The molecule has 11 heteroatoms. The van der Waals surface area contributed by atoms with E-state index < -0.39 is 48.3 Å². The molecular weight excluding hydrogens is 452 g/mol. The van der Waals surface area contributed by atoms with Gasteiger partial charge in [0.2, 0.25) is 0 Å². The van der Waals surface area contributed by atoms with E-state index in [0.717, 1.165) is 6.07 Å². The van der Waals surface area contributed by atoms with Gasteiger partial charge >= 0.3 is 0 Å². The SMILES string of the molecule is COc1cc(-c2cc(=O)c3c(O)c([C@@H]4OC(CO)[C@@H](O)[C@H](O)C4O)c(OC)cc3o2)ccc1O. The van der Waals surface area contributed by atoms with Crippen molar-refractivity contribution in [1.29, 1.82) is 0 Å². The van der Waals surface area contributed by atoms with Crippen molar-refractivity contribution < 1.29 is 49.3 Å². The lowest BCUT2D eigenvalue weighted by Gasteiger charge is -2.40. The molecule has 2 unspecified atom stereocenters. The Morgan fingerprint density at radius 2 is 1.65 bits per heavy atom. The summed E-state index contributed by atoms with van der Waals surface area (Å²) in [6, 6.07) is 6.81. The molecule has 1 aliphatic heterocycles. The van der Waals surface area contributed by atoms with Crippen LogP contribution in [0, 0.1) is 0 Å². The van der Waals surface area contributed by atoms with E-state index in [9.17, 15) is 35.4 Å². The first-order valence-electron chi connectivity index (χ1n) is 10.3. The van der Waals surface area contributed by atoms with Gasteiger partial charge in [0.15, 0.2) is 16.9 Å². The largest absolute Gasteiger partial charge is 0.506 e. The van der Waals surface area contributed by atoms with E-state index in [-0.39, 0.29) is 39.5 Å². The minimum absolute atomic E-state index is 0.0297. The molecule has 0 aliphatic carbocycles. The zero-order valence-corrected chi connectivity index (χ0v) is 18.2. The number of phenolic OH excluding ortho intramolecular Hbond substituents is 2. The lowest BCUT2D eigenvalue weighted by molar-refractivity contribution is -0.232. The smallest absolute Gasteiger partial charge is 0.197 e. The number of fused-ring (bicyclic) bond motifs is 1. The lowest BCUT2D eigenvalue weighted by atomic mass is 9.89. The predicted molar refractivity (Wildman–Crippen MR) is 117 cm³/mol. The first-order chi connectivity index (χ1) is 16.2. The molecule has 0 amide bonds. The van der Waals surface area contributed by atoms with Gasteiger partial charge in [-0.2, -0.15) is 0 Å². The van der Waals surface area contributed by atoms with E-state index in [1.165, 1.54) is 38.5 Å². The summed E-state index contributed by atoms with van der Waals surface area (Å²) in [5.41, 5.74) is -0.408. The molecule has 0 bridgehead atoms. The van der Waals surface area contributed by atoms with Crippen molar-refractivity contribution in [3.63, 3.8) is 0 Å². The van der Waals surface area contributed by atoms with E-state index in [1.807, 2.05) is 0 Å². The number of phenols is 2. The molecule has 4 rings (SSSR count). The molecular formula is C23H24O11. The first kappa shape index (κ1) is 23.8. The number of benzene rings is 2. The van der Waals surface area contributed by atoms with Crippen molar-refractivity contribution in [2.24, 2.45) is 0 Å². The third-order valence-electron chi connectivity index (χ3n) is 5.86. The summed E-state index contributed by atoms with van der Waals surface area (Å²) in [5, 5.41) is 60.8. The van der Waals surface area contributed by atoms with Gasteiger partial charge in [0.05, 0.1) is 26.4 Å². The Hall–Kier alpha value is -3.35. The summed E-state index contributed by atoms with van der Waals surface area (Å²) in [6.45, 7) is -0.667. The van der Waals surface area contributed by atoms with Crippen LogP contribution in [-0.4, -0.2) is 75.9 Å². The molecule has 6 N–H and O–H groups in total. The van der Waals surface area contributed by atoms with Crippen LogP contribution < -0.4 is 14.9 Å². The Kier molecular flexibility index (Phi) is 6.39. The van der Waals surface area contributed by atoms with Crippen molar-refractivity contribution >= 4 is 11.0 Å². The van der Waals surface area contributed by atoms with Crippen LogP contribution in [0.1, 0.15) is 11.7 Å². The number of hydrogen-bond donors (Lipinski definition) is 6. The van der Waals surface area contributed by atoms with Crippen LogP contribution in [0.3, 0.4) is 0 Å². The standard InChI is InChI=1S/C23H24O11/c1-31-13-5-9(3-4-10(13)25)12-6-11(26)17-15(33-12)7-14(32-2)18(20(17)28)23-22(30)21(29)19(27)16(8-24)34-23/h3-7,16,19,21-25,27-30H,8H2,1-2H3/t16?,19-,21+,22?,23+/m1/s1. The fourth-order valence-corrected chi connectivity index (χ4v) is 4.05. The second kappa shape index (κ2) is 9.12. The highest BCUT2D eigenvalue weighted by Gasteiger charge is 2.46. The summed E-state index contributed by atoms with van der Waals surface area (Å²) < 4.78 is 21.8. The number of rotatable bonds is 5. The van der Waals surface area contributed by atoms with E-state index in [0.29, 0.717) is 5.56 Å². The molecule has 0 saturated carbocycles. The summed E-state index contributed by atoms with van der Waals surface area (Å²) in [6.07, 6.45) is -7.66. The van der Waals surface area contributed by atoms with Gasteiger partial charge in [-0.3, -0.25) is 4.79 Å². The third kappa shape index (κ3) is 3.83. The number of ether oxygens (including phenoxy) is 3. The minimum atomic E-state index is -1.70. The van der Waals surface area contributed by atoms with Gasteiger partial charge in [-0.05, 0) is 18.2 Å². The van der Waals surface area contributed by atoms with Crippen molar-refractivity contribution in [2.45, 2.75) is 30.5 Å². The first-order valence-corrected chi connectivity index (χ1v) is 10.3. The molecule has 1 fully saturated rings. The Bertz CT molecular complexity index is 1270. The van der Waals surface area contributed by atoms with Crippen LogP contribution in [0.15, 0.2) is 39.5 Å². The maximum absolute atomic E-state index is 13.0. The Morgan fingerprint density at radius 3 is 2.29 bits per heavy atom. The second-order valence-electron chi connectivity index (χ2n) is 7.83. The molecule has 0 spiro atoms. The molecule has 182 valence electrons. The third-order valence-corrected chi connectivity index (χ3v) is 5.86. The van der Waals surface area contributed by atoms with Crippen LogP contribution in [0.4, 0.5) is 0 Å². The van der Waals surface area contributed by atoms with Crippen molar-refractivity contribution in [3.8, 4) is 34.3 Å². The van der Waals surface area contributed by atoms with Crippen molar-refractivity contribution in [2.75, 3.05) is 20.8 Å². The van der Waals surface area contributed by atoms with Crippen molar-refractivity contribution in [3.05, 3.63) is 46.1 Å². The van der Waals surface area contributed by atoms with E-state index in [2.05, 4.69) is 0 Å². The molecule has 34 heavy (non-hydrogen) atoms. The van der Waals surface area contributed by atoms with Crippen LogP contribution in [-0.2, 0) is 4.74 Å². The van der Waals surface area contributed by atoms with Gasteiger partial charge in [0, 0.05) is 17.7 Å². The zero-order chi connectivity index (χ0) is 24.7. The molecule has 1 saturated heterocycles. The minimum Gasteiger partial charge on any atom is -0.506 e. The van der Waals surface area contributed by atoms with Crippen LogP contribution in [0.25, 0.3) is 22.3 Å². The molecule has 2 aromatic carbocycles. The average molecular weight is 476 g/mol. The van der Waals surface area contributed by atoms with E-state index in [1.54, 1.807) is 0 Å². The zero-order valence-electron chi connectivity index (χ0n) is 18.2. The number of hydrogen-bond acceptors (Lipinski definition) is 11. The van der Waals surface area contributed by atoms with Gasteiger partial charge in [0.25, 0.3) is 0 Å². The van der Waals surface area contributed by atoms with Crippen LogP contribution in [0.5, 0.6) is 23.0 Å². The summed E-state index contributed by atoms with van der Waals surface area (Å²) in [4.78, 5) is 13.0. The van der Waals surface area contributed by atoms with Crippen molar-refractivity contribution in [1.82, 2.24) is 0 Å². The normalized spacial score (nSPS) is 24.8. The van der Waals surface area contributed by atoms with Gasteiger partial charge in [0.1, 0.15) is 58.7 Å². The fraction of sp³-hybridized carbons (Fsp3) is 0.348. The number of aliphatic hydroxyl groups excluding tert-OH is 4. The van der Waals surface area contributed by atoms with Gasteiger partial charge in [-0.1, -0.05) is 0 Å². The Morgan fingerprint density at radius 1 is 0.941 bits per heavy atom. The maximum Gasteiger partial charge on any atom is 0.197 e. The van der Waals surface area contributed by atoms with Gasteiger partial charge in [-0.15, -0.1) is 0 Å². The number of aliphatic hydroxyl groups is 4. The Balaban J connectivity index is 1.89. The average Bonchev–Trinajstić information content (AvgIpc) is 2.83. The number of aromatic hydroxyl groups is 2. The second-order valence-corrected chi connectivity index (χ2v) is 7.83. The lowest BCUT2D eigenvalue weighted by Crippen LogP contribution is -2.55. The molecule has 5 atom stereocenters. The molecule has 2 heterocycles. The molecule has 0 radical (unpaired) electrons. The van der Waals surface area contributed by atoms with E-state index in [4.69, 9.17) is 18.6 Å². The summed E-state index contributed by atoms with van der Waals surface area (Å²) >= 11 is 0. The maximum atomic E-state index is 13.0. The molecule has 1 aromatic heterocycles. The summed E-state index contributed by atoms with van der Waals surface area (Å²) in [7, 11) is 2.65. The van der Waals surface area contributed by atoms with Gasteiger partial charge < -0.3 is 49.3 Å².